The molecule has 0 saturated carbocycles. The number of amides is 1. The lowest BCUT2D eigenvalue weighted by atomic mass is 9.77. The van der Waals surface area contributed by atoms with Crippen LogP contribution in [0.2, 0.25) is 0 Å². The van der Waals surface area contributed by atoms with Gasteiger partial charge < -0.3 is 23.9 Å². The number of aromatic nitrogens is 1. The second-order valence-electron chi connectivity index (χ2n) is 10.1. The zero-order chi connectivity index (χ0) is 21.2. The van der Waals surface area contributed by atoms with Crippen molar-refractivity contribution in [2.75, 3.05) is 6.54 Å². The van der Waals surface area contributed by atoms with Crippen LogP contribution in [0.3, 0.4) is 0 Å². The van der Waals surface area contributed by atoms with Crippen molar-refractivity contribution in [3.05, 3.63) is 29.5 Å². The minimum Gasteiger partial charge on any atom is -0.444 e. The van der Waals surface area contributed by atoms with Crippen LogP contribution in [0.15, 0.2) is 18.2 Å². The molecule has 1 N–H and O–H groups in total. The number of ether oxygens (including phenoxy) is 1. The summed E-state index contributed by atoms with van der Waals surface area (Å²) in [5, 5.41) is 1.18. The summed E-state index contributed by atoms with van der Waals surface area (Å²) in [6.45, 7) is 15.1. The number of H-pyrrole nitrogens is 1. The molecule has 0 unspecified atom stereocenters. The van der Waals surface area contributed by atoms with Gasteiger partial charge in [-0.1, -0.05) is 18.2 Å². The fourth-order valence-electron chi connectivity index (χ4n) is 3.94. The van der Waals surface area contributed by atoms with E-state index in [0.717, 1.165) is 23.1 Å². The highest BCUT2D eigenvalue weighted by molar-refractivity contribution is 6.65. The Balaban J connectivity index is 1.65. The second kappa shape index (κ2) is 6.51. The zero-order valence-corrected chi connectivity index (χ0v) is 18.5. The van der Waals surface area contributed by atoms with Crippen molar-refractivity contribution >= 4 is 29.6 Å². The molecule has 3 heterocycles. The first-order valence-corrected chi connectivity index (χ1v) is 10.3. The quantitative estimate of drug-likeness (QED) is 0.743. The highest BCUT2D eigenvalue weighted by Gasteiger charge is 2.52. The van der Waals surface area contributed by atoms with Gasteiger partial charge in [0.15, 0.2) is 0 Å². The normalized spacial score (nSPS) is 20.8. The molecule has 1 fully saturated rings. The van der Waals surface area contributed by atoms with E-state index in [1.54, 1.807) is 4.90 Å². The van der Waals surface area contributed by atoms with Crippen molar-refractivity contribution < 1.29 is 18.8 Å². The first kappa shape index (κ1) is 20.3. The maximum atomic E-state index is 12.5. The van der Waals surface area contributed by atoms with Crippen molar-refractivity contribution in [3.8, 4) is 0 Å². The molecule has 1 amide bonds. The molecule has 2 aromatic rings. The van der Waals surface area contributed by atoms with Gasteiger partial charge in [-0.2, -0.15) is 0 Å². The minimum absolute atomic E-state index is 0.270. The number of nitrogens with one attached hydrogen (secondary N) is 1. The Labute approximate surface area is 173 Å². The topological polar surface area (TPSA) is 63.8 Å². The van der Waals surface area contributed by atoms with E-state index in [2.05, 4.69) is 50.9 Å². The molecule has 1 aromatic heterocycles. The molecule has 0 spiro atoms. The van der Waals surface area contributed by atoms with Crippen LogP contribution < -0.4 is 5.46 Å². The van der Waals surface area contributed by atoms with Crippen LogP contribution in [0.4, 0.5) is 4.79 Å². The van der Waals surface area contributed by atoms with Crippen LogP contribution in [-0.2, 0) is 27.0 Å². The van der Waals surface area contributed by atoms with E-state index in [1.165, 1.54) is 10.9 Å². The van der Waals surface area contributed by atoms with Gasteiger partial charge in [-0.3, -0.25) is 0 Å². The van der Waals surface area contributed by atoms with E-state index in [1.807, 2.05) is 20.8 Å². The summed E-state index contributed by atoms with van der Waals surface area (Å²) >= 11 is 0. The molecule has 0 aliphatic carbocycles. The first-order valence-electron chi connectivity index (χ1n) is 10.3. The highest BCUT2D eigenvalue weighted by atomic mass is 16.7. The van der Waals surface area contributed by atoms with Crippen LogP contribution in [0, 0.1) is 0 Å². The Bertz CT molecular complexity index is 942. The number of aromatic amines is 1. The first-order chi connectivity index (χ1) is 13.4. The molecule has 1 aromatic carbocycles. The van der Waals surface area contributed by atoms with Crippen molar-refractivity contribution in [1.29, 1.82) is 0 Å². The summed E-state index contributed by atoms with van der Waals surface area (Å²) in [5.41, 5.74) is 3.07. The summed E-state index contributed by atoms with van der Waals surface area (Å²) in [6, 6.07) is 6.23. The number of carbonyl (C=O) groups is 1. The smallest absolute Gasteiger partial charge is 0.444 e. The van der Waals surface area contributed by atoms with Gasteiger partial charge in [0.1, 0.15) is 5.60 Å². The predicted molar refractivity (Wildman–Crippen MR) is 114 cm³/mol. The number of rotatable bonds is 1. The van der Waals surface area contributed by atoms with Gasteiger partial charge in [0.25, 0.3) is 0 Å². The molecule has 0 bridgehead atoms. The Kier molecular flexibility index (Phi) is 4.55. The van der Waals surface area contributed by atoms with Crippen LogP contribution in [0.25, 0.3) is 10.9 Å². The second-order valence-corrected chi connectivity index (χ2v) is 10.1. The lowest BCUT2D eigenvalue weighted by molar-refractivity contribution is 0.00578. The van der Waals surface area contributed by atoms with Gasteiger partial charge in [-0.15, -0.1) is 0 Å². The van der Waals surface area contributed by atoms with Crippen LogP contribution in [0.1, 0.15) is 59.7 Å². The van der Waals surface area contributed by atoms with Gasteiger partial charge in [0, 0.05) is 28.6 Å². The molecule has 2 aliphatic rings. The molecule has 1 saturated heterocycles. The summed E-state index contributed by atoms with van der Waals surface area (Å²) in [4.78, 5) is 17.8. The third-order valence-corrected chi connectivity index (χ3v) is 6.20. The maximum absolute atomic E-state index is 12.5. The highest BCUT2D eigenvalue weighted by Crippen LogP contribution is 2.37. The van der Waals surface area contributed by atoms with Crippen LogP contribution >= 0.6 is 0 Å². The molecular formula is C22H31BN2O4. The number of hydrogen-bond donors (Lipinski definition) is 1. The average molecular weight is 398 g/mol. The van der Waals surface area contributed by atoms with Gasteiger partial charge in [0.05, 0.1) is 17.7 Å². The van der Waals surface area contributed by atoms with E-state index >= 15 is 0 Å². The third-order valence-electron chi connectivity index (χ3n) is 6.20. The number of benzene rings is 1. The Morgan fingerprint density at radius 3 is 2.45 bits per heavy atom. The monoisotopic (exact) mass is 398 g/mol. The number of carbonyl (C=O) groups excluding carboxylic acids is 1. The van der Waals surface area contributed by atoms with E-state index in [-0.39, 0.29) is 17.3 Å². The SMILES string of the molecule is CC(C)(C)OC(=O)N1CCc2c([nH]c3c(B4OC(C)(C)C(C)(C)O4)cccc23)C1. The molecule has 2 aliphatic heterocycles. The standard InChI is InChI=1S/C22H31BN2O4/c1-20(2,3)27-19(26)25-12-11-14-15-9-8-10-16(18(15)24-17(14)13-25)23-28-21(4,5)22(6,7)29-23/h8-10,24H,11-13H2,1-7H3. The Morgan fingerprint density at radius 2 is 1.83 bits per heavy atom. The Morgan fingerprint density at radius 1 is 1.17 bits per heavy atom. The van der Waals surface area contributed by atoms with Crippen molar-refractivity contribution in [2.45, 2.75) is 78.2 Å². The van der Waals surface area contributed by atoms with Gasteiger partial charge >= 0.3 is 13.2 Å². The molecular weight excluding hydrogens is 367 g/mol. The van der Waals surface area contributed by atoms with Crippen LogP contribution in [0.5, 0.6) is 0 Å². The molecule has 6 nitrogen and oxygen atoms in total. The maximum Gasteiger partial charge on any atom is 0.497 e. The third kappa shape index (κ3) is 3.55. The van der Waals surface area contributed by atoms with E-state index in [0.29, 0.717) is 13.1 Å². The van der Waals surface area contributed by atoms with Crippen LogP contribution in [-0.4, -0.2) is 46.4 Å². The van der Waals surface area contributed by atoms with Gasteiger partial charge in [-0.25, -0.2) is 4.79 Å². The fourth-order valence-corrected chi connectivity index (χ4v) is 3.94. The van der Waals surface area contributed by atoms with E-state index < -0.39 is 12.7 Å². The summed E-state index contributed by atoms with van der Waals surface area (Å²) in [7, 11) is -0.425. The fraction of sp³-hybridized carbons (Fsp3) is 0.591. The Hall–Kier alpha value is -1.99. The molecule has 156 valence electrons. The number of nitrogens with zero attached hydrogens (tertiary/aromatic N) is 1. The molecule has 0 atom stereocenters. The van der Waals surface area contributed by atoms with Crippen molar-refractivity contribution in [2.24, 2.45) is 0 Å². The zero-order valence-electron chi connectivity index (χ0n) is 18.5. The van der Waals surface area contributed by atoms with Crippen molar-refractivity contribution in [3.63, 3.8) is 0 Å². The lowest BCUT2D eigenvalue weighted by Crippen LogP contribution is -2.41. The van der Waals surface area contributed by atoms with E-state index in [4.69, 9.17) is 14.0 Å². The average Bonchev–Trinajstić information content (AvgIpc) is 3.06. The molecule has 7 heteroatoms. The predicted octanol–water partition coefficient (Wildman–Crippen LogP) is 3.76. The molecule has 0 radical (unpaired) electrons. The number of hydrogen-bond acceptors (Lipinski definition) is 4. The summed E-state index contributed by atoms with van der Waals surface area (Å²) in [5.74, 6) is 0. The number of fused-ring (bicyclic) bond motifs is 3. The summed E-state index contributed by atoms with van der Waals surface area (Å²) < 4.78 is 18.1. The van der Waals surface area contributed by atoms with Crippen molar-refractivity contribution in [1.82, 2.24) is 9.88 Å². The molecule has 29 heavy (non-hydrogen) atoms. The van der Waals surface area contributed by atoms with Gasteiger partial charge in [-0.05, 0) is 60.5 Å². The largest absolute Gasteiger partial charge is 0.497 e. The van der Waals surface area contributed by atoms with E-state index in [9.17, 15) is 4.79 Å². The lowest BCUT2D eigenvalue weighted by Gasteiger charge is -2.32. The summed E-state index contributed by atoms with van der Waals surface area (Å²) in [6.07, 6.45) is 0.523. The van der Waals surface area contributed by atoms with Gasteiger partial charge in [0.2, 0.25) is 0 Å². The molecule has 4 rings (SSSR count). The number of para-hydroxylation sites is 1. The minimum atomic E-state index is -0.498.